The first-order valence-corrected chi connectivity index (χ1v) is 5.86. The summed E-state index contributed by atoms with van der Waals surface area (Å²) in [5, 5.41) is 4.13. The predicted molar refractivity (Wildman–Crippen MR) is 64.2 cm³/mol. The normalized spacial score (nSPS) is 17.1. The fourth-order valence-corrected chi connectivity index (χ4v) is 2.25. The molecule has 0 saturated carbocycles. The second-order valence-corrected chi connectivity index (χ2v) is 5.06. The van der Waals surface area contributed by atoms with E-state index in [4.69, 9.17) is 11.6 Å². The molecule has 0 spiro atoms. The maximum absolute atomic E-state index is 5.94. The van der Waals surface area contributed by atoms with Gasteiger partial charge in [0.1, 0.15) is 0 Å². The van der Waals surface area contributed by atoms with Gasteiger partial charge in [0.2, 0.25) is 0 Å². The lowest BCUT2D eigenvalue weighted by Gasteiger charge is -2.27. The third kappa shape index (κ3) is 2.36. The Morgan fingerprint density at radius 3 is 2.85 bits per heavy atom. The molecule has 0 unspecified atom stereocenters. The van der Waals surface area contributed by atoms with Crippen molar-refractivity contribution in [2.24, 2.45) is 5.92 Å². The number of rotatable bonds is 2. The summed E-state index contributed by atoms with van der Waals surface area (Å²) < 4.78 is 1.33. The van der Waals surface area contributed by atoms with Crippen LogP contribution in [0.15, 0.2) is 18.2 Å². The average molecular weight is 308 g/mol. The Kier molecular flexibility index (Phi) is 3.11. The van der Waals surface area contributed by atoms with Crippen molar-refractivity contribution in [3.05, 3.63) is 32.4 Å². The van der Waals surface area contributed by atoms with Crippen LogP contribution in [0.4, 0.5) is 0 Å². The molecule has 1 aliphatic rings. The maximum atomic E-state index is 5.94. The highest BCUT2D eigenvalue weighted by atomic mass is 127. The summed E-state index contributed by atoms with van der Waals surface area (Å²) in [5.41, 5.74) is 1.39. The lowest BCUT2D eigenvalue weighted by atomic mass is 9.94. The monoisotopic (exact) mass is 307 g/mol. The Balaban J connectivity index is 2.13. The van der Waals surface area contributed by atoms with Crippen LogP contribution in [0.1, 0.15) is 5.56 Å². The molecule has 0 bridgehead atoms. The number of halogens is 2. The van der Waals surface area contributed by atoms with Crippen LogP contribution in [-0.2, 0) is 6.42 Å². The molecular weight excluding hydrogens is 296 g/mol. The van der Waals surface area contributed by atoms with E-state index in [9.17, 15) is 0 Å². The van der Waals surface area contributed by atoms with E-state index in [2.05, 4.69) is 40.0 Å². The Labute approximate surface area is 97.0 Å². The fraction of sp³-hybridized carbons (Fsp3) is 0.400. The molecule has 1 heterocycles. The van der Waals surface area contributed by atoms with E-state index in [0.717, 1.165) is 30.5 Å². The SMILES string of the molecule is Clc1ccc(I)c(CC2CNC2)c1. The molecule has 1 fully saturated rings. The zero-order chi connectivity index (χ0) is 9.26. The van der Waals surface area contributed by atoms with Crippen LogP contribution < -0.4 is 5.32 Å². The second-order valence-electron chi connectivity index (χ2n) is 3.46. The summed E-state index contributed by atoms with van der Waals surface area (Å²) in [6.07, 6.45) is 1.16. The maximum Gasteiger partial charge on any atom is 0.0409 e. The minimum absolute atomic E-state index is 0.812. The molecular formula is C10H11ClIN. The lowest BCUT2D eigenvalue weighted by molar-refractivity contribution is 0.346. The van der Waals surface area contributed by atoms with Crippen LogP contribution in [0.25, 0.3) is 0 Å². The van der Waals surface area contributed by atoms with Crippen molar-refractivity contribution in [1.29, 1.82) is 0 Å². The standard InChI is InChI=1S/C10H11ClIN/c11-9-1-2-10(12)8(4-9)3-7-5-13-6-7/h1-2,4,7,13H,3,5-6H2. The number of hydrogen-bond acceptors (Lipinski definition) is 1. The Hall–Kier alpha value is 0.200. The van der Waals surface area contributed by atoms with E-state index < -0.39 is 0 Å². The summed E-state index contributed by atoms with van der Waals surface area (Å²) in [6.45, 7) is 2.31. The quantitative estimate of drug-likeness (QED) is 0.829. The zero-order valence-electron chi connectivity index (χ0n) is 7.19. The van der Waals surface area contributed by atoms with Gasteiger partial charge < -0.3 is 5.32 Å². The largest absolute Gasteiger partial charge is 0.316 e. The van der Waals surface area contributed by atoms with Crippen LogP contribution in [0.3, 0.4) is 0 Å². The second kappa shape index (κ2) is 4.15. The number of nitrogens with one attached hydrogen (secondary N) is 1. The van der Waals surface area contributed by atoms with E-state index in [0.29, 0.717) is 0 Å². The number of benzene rings is 1. The molecule has 0 atom stereocenters. The first-order valence-electron chi connectivity index (χ1n) is 4.40. The van der Waals surface area contributed by atoms with Gasteiger partial charge in [-0.3, -0.25) is 0 Å². The molecule has 0 aliphatic carbocycles. The number of hydrogen-bond donors (Lipinski definition) is 1. The van der Waals surface area contributed by atoms with Crippen molar-refractivity contribution in [2.45, 2.75) is 6.42 Å². The minimum Gasteiger partial charge on any atom is -0.316 e. The summed E-state index contributed by atoms with van der Waals surface area (Å²) in [7, 11) is 0. The van der Waals surface area contributed by atoms with Crippen molar-refractivity contribution in [1.82, 2.24) is 5.32 Å². The van der Waals surface area contributed by atoms with Crippen molar-refractivity contribution in [3.63, 3.8) is 0 Å². The highest BCUT2D eigenvalue weighted by Crippen LogP contribution is 2.21. The summed E-state index contributed by atoms with van der Waals surface area (Å²) in [6, 6.07) is 6.12. The zero-order valence-corrected chi connectivity index (χ0v) is 10.1. The first kappa shape index (κ1) is 9.74. The van der Waals surface area contributed by atoms with E-state index in [-0.39, 0.29) is 0 Å². The van der Waals surface area contributed by atoms with Crippen LogP contribution >= 0.6 is 34.2 Å². The Morgan fingerprint density at radius 1 is 1.46 bits per heavy atom. The smallest absolute Gasteiger partial charge is 0.0409 e. The molecule has 1 aliphatic heterocycles. The molecule has 0 amide bonds. The Bertz CT molecular complexity index is 310. The third-order valence-electron chi connectivity index (χ3n) is 2.38. The van der Waals surface area contributed by atoms with Gasteiger partial charge in [-0.15, -0.1) is 0 Å². The van der Waals surface area contributed by atoms with E-state index in [1.807, 2.05) is 6.07 Å². The highest BCUT2D eigenvalue weighted by molar-refractivity contribution is 14.1. The minimum atomic E-state index is 0.812. The molecule has 1 N–H and O–H groups in total. The van der Waals surface area contributed by atoms with Crippen molar-refractivity contribution < 1.29 is 0 Å². The topological polar surface area (TPSA) is 12.0 Å². The highest BCUT2D eigenvalue weighted by Gasteiger charge is 2.17. The molecule has 13 heavy (non-hydrogen) atoms. The summed E-state index contributed by atoms with van der Waals surface area (Å²) >= 11 is 8.31. The van der Waals surface area contributed by atoms with E-state index in [1.165, 1.54) is 9.13 Å². The van der Waals surface area contributed by atoms with Gasteiger partial charge >= 0.3 is 0 Å². The van der Waals surface area contributed by atoms with Crippen LogP contribution in [0, 0.1) is 9.49 Å². The molecule has 1 aromatic carbocycles. The van der Waals surface area contributed by atoms with Gasteiger partial charge in [-0.25, -0.2) is 0 Å². The van der Waals surface area contributed by atoms with Crippen molar-refractivity contribution in [3.8, 4) is 0 Å². The van der Waals surface area contributed by atoms with Gasteiger partial charge in [0.25, 0.3) is 0 Å². The van der Waals surface area contributed by atoms with Crippen LogP contribution in [0.5, 0.6) is 0 Å². The van der Waals surface area contributed by atoms with Crippen LogP contribution in [0.2, 0.25) is 5.02 Å². The molecule has 1 nitrogen and oxygen atoms in total. The van der Waals surface area contributed by atoms with Gasteiger partial charge in [0.15, 0.2) is 0 Å². The van der Waals surface area contributed by atoms with Crippen LogP contribution in [-0.4, -0.2) is 13.1 Å². The molecule has 70 valence electrons. The van der Waals surface area contributed by atoms with E-state index in [1.54, 1.807) is 0 Å². The summed E-state index contributed by atoms with van der Waals surface area (Å²) in [5.74, 6) is 0.812. The van der Waals surface area contributed by atoms with E-state index >= 15 is 0 Å². The van der Waals surface area contributed by atoms with Crippen molar-refractivity contribution >= 4 is 34.2 Å². The first-order chi connectivity index (χ1) is 6.25. The third-order valence-corrected chi connectivity index (χ3v) is 3.67. The van der Waals surface area contributed by atoms with Gasteiger partial charge in [0.05, 0.1) is 0 Å². The van der Waals surface area contributed by atoms with Gasteiger partial charge in [0, 0.05) is 8.59 Å². The lowest BCUT2D eigenvalue weighted by Crippen LogP contribution is -2.43. The molecule has 2 rings (SSSR count). The van der Waals surface area contributed by atoms with Gasteiger partial charge in [-0.2, -0.15) is 0 Å². The molecule has 0 aromatic heterocycles. The molecule has 0 radical (unpaired) electrons. The van der Waals surface area contributed by atoms with Gasteiger partial charge in [-0.1, -0.05) is 11.6 Å². The average Bonchev–Trinajstić information content (AvgIpc) is 2.03. The molecule has 1 aromatic rings. The predicted octanol–water partition coefficient (Wildman–Crippen LogP) is 2.71. The Morgan fingerprint density at radius 2 is 2.23 bits per heavy atom. The fourth-order valence-electron chi connectivity index (χ4n) is 1.50. The summed E-state index contributed by atoms with van der Waals surface area (Å²) in [4.78, 5) is 0. The molecule has 3 heteroatoms. The van der Waals surface area contributed by atoms with Gasteiger partial charge in [-0.05, 0) is 71.8 Å². The molecule has 1 saturated heterocycles. The van der Waals surface area contributed by atoms with Crippen molar-refractivity contribution in [2.75, 3.05) is 13.1 Å².